The second-order valence-corrected chi connectivity index (χ2v) is 4.85. The van der Waals surface area contributed by atoms with Gasteiger partial charge in [-0.3, -0.25) is 10.1 Å². The van der Waals surface area contributed by atoms with Crippen molar-refractivity contribution in [2.24, 2.45) is 5.92 Å². The van der Waals surface area contributed by atoms with Crippen LogP contribution in [0.1, 0.15) is 19.3 Å². The molecule has 2 aliphatic rings. The number of hydrogen-bond acceptors (Lipinski definition) is 3. The quantitative estimate of drug-likeness (QED) is 0.451. The molecular weight excluding hydrogens is 214 g/mol. The van der Waals surface area contributed by atoms with E-state index < -0.39 is 5.54 Å². The van der Waals surface area contributed by atoms with Crippen LogP contribution in [-0.2, 0) is 9.53 Å². The molecule has 1 N–H and O–H groups in total. The Morgan fingerprint density at radius 1 is 1.73 bits per heavy atom. The monoisotopic (exact) mass is 229 g/mol. The number of piperidine rings is 1. The normalized spacial score (nSPS) is 37.2. The van der Waals surface area contributed by atoms with Crippen LogP contribution in [0.5, 0.6) is 0 Å². The van der Waals surface area contributed by atoms with E-state index in [0.29, 0.717) is 24.3 Å². The number of carbonyl (C=O) groups excluding carboxylic acids is 1. The predicted octanol–water partition coefficient (Wildman–Crippen LogP) is 1.47. The maximum absolute atomic E-state index is 11.8. The Morgan fingerprint density at radius 2 is 2.47 bits per heavy atom. The highest BCUT2D eigenvalue weighted by Crippen LogP contribution is 2.47. The predicted molar refractivity (Wildman–Crippen MR) is 58.9 cm³/mol. The average molecular weight is 230 g/mol. The topological polar surface area (TPSA) is 38.3 Å². The van der Waals surface area contributed by atoms with E-state index in [4.69, 9.17) is 16.3 Å². The van der Waals surface area contributed by atoms with E-state index in [0.717, 1.165) is 12.0 Å². The molecule has 1 aliphatic heterocycles. The minimum absolute atomic E-state index is 0.180. The van der Waals surface area contributed by atoms with Crippen LogP contribution in [0.3, 0.4) is 0 Å². The van der Waals surface area contributed by atoms with E-state index in [-0.39, 0.29) is 5.97 Å². The van der Waals surface area contributed by atoms with Gasteiger partial charge in [-0.1, -0.05) is 12.2 Å². The fourth-order valence-electron chi connectivity index (χ4n) is 2.52. The summed E-state index contributed by atoms with van der Waals surface area (Å²) in [6.07, 6.45) is 2.64. The smallest absolute Gasteiger partial charge is 0.326 e. The lowest BCUT2D eigenvalue weighted by atomic mass is 9.88. The summed E-state index contributed by atoms with van der Waals surface area (Å²) in [5.41, 5.74) is 0.338. The first-order valence-corrected chi connectivity index (χ1v) is 5.73. The first-order valence-electron chi connectivity index (χ1n) is 5.20. The maximum atomic E-state index is 11.8. The molecule has 0 aromatic rings. The van der Waals surface area contributed by atoms with Gasteiger partial charge >= 0.3 is 5.97 Å². The van der Waals surface area contributed by atoms with E-state index in [1.54, 1.807) is 0 Å². The molecule has 1 unspecified atom stereocenters. The summed E-state index contributed by atoms with van der Waals surface area (Å²) in [5, 5.41) is 3.36. The summed E-state index contributed by atoms with van der Waals surface area (Å²) in [6.45, 7) is 3.86. The van der Waals surface area contributed by atoms with E-state index in [9.17, 15) is 4.79 Å². The zero-order chi connectivity index (χ0) is 11.1. The zero-order valence-corrected chi connectivity index (χ0v) is 9.64. The van der Waals surface area contributed by atoms with Crippen LogP contribution in [0.15, 0.2) is 12.2 Å². The number of alkyl halides is 1. The number of hydrogen-bond donors (Lipinski definition) is 1. The van der Waals surface area contributed by atoms with Crippen LogP contribution in [0.25, 0.3) is 0 Å². The van der Waals surface area contributed by atoms with Crippen molar-refractivity contribution in [1.82, 2.24) is 5.32 Å². The van der Waals surface area contributed by atoms with Crippen molar-refractivity contribution in [2.45, 2.75) is 30.8 Å². The Balaban J connectivity index is 2.09. The molecule has 2 rings (SSSR count). The molecule has 1 heterocycles. The van der Waals surface area contributed by atoms with E-state index >= 15 is 0 Å². The Bertz CT molecular complexity index is 293. The van der Waals surface area contributed by atoms with Crippen LogP contribution >= 0.6 is 11.6 Å². The molecule has 3 nitrogen and oxygen atoms in total. The highest BCUT2D eigenvalue weighted by Gasteiger charge is 2.57. The molecule has 84 valence electrons. The molecule has 1 saturated heterocycles. The Labute approximate surface area is 94.8 Å². The molecule has 0 amide bonds. The number of esters is 1. The van der Waals surface area contributed by atoms with E-state index in [1.165, 1.54) is 13.5 Å². The number of halogens is 1. The highest BCUT2D eigenvalue weighted by atomic mass is 35.5. The summed E-state index contributed by atoms with van der Waals surface area (Å²) < 4.78 is 4.87. The maximum Gasteiger partial charge on any atom is 0.326 e. The summed E-state index contributed by atoms with van der Waals surface area (Å²) in [5.74, 6) is 0.864. The average Bonchev–Trinajstić information content (AvgIpc) is 2.85. The lowest BCUT2D eigenvalue weighted by Gasteiger charge is -2.29. The molecule has 0 aromatic carbocycles. The van der Waals surface area contributed by atoms with Gasteiger partial charge in [0.05, 0.1) is 7.11 Å². The molecule has 4 heteroatoms. The van der Waals surface area contributed by atoms with Crippen molar-refractivity contribution in [2.75, 3.05) is 13.0 Å². The van der Waals surface area contributed by atoms with Crippen molar-refractivity contribution in [1.29, 1.82) is 0 Å². The van der Waals surface area contributed by atoms with Crippen LogP contribution in [0, 0.1) is 5.92 Å². The van der Waals surface area contributed by atoms with Gasteiger partial charge in [-0.2, -0.15) is 0 Å². The fraction of sp³-hybridized carbons (Fsp3) is 0.727. The van der Waals surface area contributed by atoms with E-state index in [1.807, 2.05) is 0 Å². The number of carbonyl (C=O) groups is 1. The van der Waals surface area contributed by atoms with Gasteiger partial charge in [0.15, 0.2) is 0 Å². The van der Waals surface area contributed by atoms with Crippen molar-refractivity contribution in [3.63, 3.8) is 0 Å². The van der Waals surface area contributed by atoms with Crippen LogP contribution in [-0.4, -0.2) is 30.5 Å². The third-order valence-corrected chi connectivity index (χ3v) is 3.69. The number of fused-ring (bicyclic) bond motifs is 1. The first kappa shape index (κ1) is 11.0. The third kappa shape index (κ3) is 1.91. The first-order chi connectivity index (χ1) is 7.11. The number of nitrogens with one attached hydrogen (secondary N) is 1. The zero-order valence-electron chi connectivity index (χ0n) is 8.88. The van der Waals surface area contributed by atoms with Crippen LogP contribution in [0.4, 0.5) is 0 Å². The van der Waals surface area contributed by atoms with Gasteiger partial charge in [0.1, 0.15) is 5.54 Å². The molecular formula is C11H16ClNO2. The van der Waals surface area contributed by atoms with Crippen molar-refractivity contribution in [3.05, 3.63) is 12.2 Å². The lowest BCUT2D eigenvalue weighted by Crippen LogP contribution is -2.50. The summed E-state index contributed by atoms with van der Waals surface area (Å²) in [6, 6.07) is 0.507. The Morgan fingerprint density at radius 3 is 2.93 bits per heavy atom. The SMILES string of the molecule is C=C(CCl)CC1(C(=O)OC)C[C@@H]2C[C@@H]2N1. The van der Waals surface area contributed by atoms with Gasteiger partial charge in [0.2, 0.25) is 0 Å². The Kier molecular flexibility index (Phi) is 2.77. The number of ether oxygens (including phenoxy) is 1. The van der Waals surface area contributed by atoms with Gasteiger partial charge in [0.25, 0.3) is 0 Å². The molecule has 0 radical (unpaired) electrons. The third-order valence-electron chi connectivity index (χ3n) is 3.31. The van der Waals surface area contributed by atoms with Gasteiger partial charge in [-0.25, -0.2) is 0 Å². The van der Waals surface area contributed by atoms with Crippen molar-refractivity contribution >= 4 is 17.6 Å². The molecule has 0 bridgehead atoms. The molecule has 1 aliphatic carbocycles. The Hall–Kier alpha value is -0.540. The van der Waals surface area contributed by atoms with Gasteiger partial charge < -0.3 is 4.74 Å². The molecule has 0 aromatic heterocycles. The van der Waals surface area contributed by atoms with Crippen LogP contribution < -0.4 is 5.32 Å². The minimum atomic E-state index is -0.547. The fourth-order valence-corrected chi connectivity index (χ4v) is 2.61. The second kappa shape index (κ2) is 3.80. The molecule has 15 heavy (non-hydrogen) atoms. The molecule has 3 atom stereocenters. The van der Waals surface area contributed by atoms with Gasteiger partial charge in [-0.05, 0) is 25.2 Å². The number of methoxy groups -OCH3 is 1. The van der Waals surface area contributed by atoms with Gasteiger partial charge in [-0.15, -0.1) is 11.6 Å². The van der Waals surface area contributed by atoms with Crippen molar-refractivity contribution < 1.29 is 9.53 Å². The largest absolute Gasteiger partial charge is 0.468 e. The van der Waals surface area contributed by atoms with E-state index in [2.05, 4.69) is 11.9 Å². The van der Waals surface area contributed by atoms with Crippen LogP contribution in [0.2, 0.25) is 0 Å². The molecule has 2 fully saturated rings. The summed E-state index contributed by atoms with van der Waals surface area (Å²) >= 11 is 5.71. The molecule has 1 saturated carbocycles. The van der Waals surface area contributed by atoms with Crippen molar-refractivity contribution in [3.8, 4) is 0 Å². The highest BCUT2D eigenvalue weighted by molar-refractivity contribution is 6.19. The lowest BCUT2D eigenvalue weighted by molar-refractivity contribution is -0.148. The minimum Gasteiger partial charge on any atom is -0.468 e. The molecule has 0 spiro atoms. The summed E-state index contributed by atoms with van der Waals surface area (Å²) in [7, 11) is 1.43. The number of rotatable bonds is 4. The standard InChI is InChI=1S/C11H16ClNO2/c1-7(6-12)4-11(10(14)15-2)5-8-3-9(8)13-11/h8-9,13H,1,3-6H2,2H3/t8-,9-,11?/m0/s1. The van der Waals surface area contributed by atoms with Gasteiger partial charge in [0, 0.05) is 11.9 Å². The summed E-state index contributed by atoms with van der Waals surface area (Å²) in [4.78, 5) is 11.8. The second-order valence-electron chi connectivity index (χ2n) is 4.58.